The van der Waals surface area contributed by atoms with Crippen LogP contribution in [0, 0.1) is 50.7 Å². The highest BCUT2D eigenvalue weighted by atomic mass is 32.2. The molecule has 6 aliphatic rings. The van der Waals surface area contributed by atoms with E-state index in [-0.39, 0.29) is 51.7 Å². The van der Waals surface area contributed by atoms with E-state index in [4.69, 9.17) is 14.2 Å². The molecule has 0 amide bonds. The maximum absolute atomic E-state index is 12.2. The molecule has 10 heteroatoms. The van der Waals surface area contributed by atoms with Crippen molar-refractivity contribution in [3.05, 3.63) is 0 Å². The fraction of sp³-hybridized carbons (Fsp3) is 1.00. The Morgan fingerprint density at radius 2 is 1.70 bits per heavy atom. The van der Waals surface area contributed by atoms with E-state index in [1.54, 1.807) is 21.0 Å². The topological polar surface area (TPSA) is 126 Å². The van der Waals surface area contributed by atoms with E-state index >= 15 is 0 Å². The molecule has 9 nitrogen and oxygen atoms in total. The summed E-state index contributed by atoms with van der Waals surface area (Å²) in [4.78, 5) is 0. The number of aliphatic hydroxyl groups is 3. The van der Waals surface area contributed by atoms with Gasteiger partial charge in [-0.3, -0.25) is 0 Å². The van der Waals surface area contributed by atoms with Crippen molar-refractivity contribution in [2.24, 2.45) is 50.7 Å². The molecule has 5 saturated carbocycles. The minimum absolute atomic E-state index is 0.0153. The SMILES string of the molecule is COC(C[C@@H](C)C1C[C@H](O)[C@@]2(C)[C@@H]3CC[C@H]4C(C)(C)[C@@H](O[C@H]5CN(S(C)(=O)=O)CCO5)CC[C@@]45CC35CC[C@]12C)[C@H](O)C(C)(C)O. The van der Waals surface area contributed by atoms with Gasteiger partial charge in [0.2, 0.25) is 10.0 Å². The van der Waals surface area contributed by atoms with Crippen molar-refractivity contribution < 1.29 is 37.9 Å². The van der Waals surface area contributed by atoms with Crippen LogP contribution >= 0.6 is 0 Å². The first kappa shape index (κ1) is 35.5. The third kappa shape index (κ3) is 5.03. The zero-order valence-electron chi connectivity index (χ0n) is 29.9. The highest BCUT2D eigenvalue weighted by Gasteiger charge is 2.83. The summed E-state index contributed by atoms with van der Waals surface area (Å²) in [6, 6.07) is 0. The van der Waals surface area contributed by atoms with Crippen molar-refractivity contribution in [2.75, 3.05) is 33.1 Å². The maximum Gasteiger partial charge on any atom is 0.211 e. The Hall–Kier alpha value is -0.330. The highest BCUT2D eigenvalue weighted by molar-refractivity contribution is 7.88. The number of hydrogen-bond acceptors (Lipinski definition) is 8. The second-order valence-electron chi connectivity index (χ2n) is 18.2. The Labute approximate surface area is 278 Å². The number of morpholine rings is 1. The van der Waals surface area contributed by atoms with Crippen LogP contribution in [-0.2, 0) is 24.2 Å². The van der Waals surface area contributed by atoms with Crippen LogP contribution in [0.3, 0.4) is 0 Å². The minimum Gasteiger partial charge on any atom is -0.393 e. The molecule has 1 aliphatic heterocycles. The molecule has 0 bridgehead atoms. The Morgan fingerprint density at radius 1 is 1.04 bits per heavy atom. The Kier molecular flexibility index (Phi) is 8.75. The van der Waals surface area contributed by atoms with Gasteiger partial charge in [0.25, 0.3) is 0 Å². The van der Waals surface area contributed by atoms with Gasteiger partial charge in [-0.25, -0.2) is 8.42 Å². The monoisotopic (exact) mass is 669 g/mol. The van der Waals surface area contributed by atoms with Crippen molar-refractivity contribution in [3.63, 3.8) is 0 Å². The van der Waals surface area contributed by atoms with Crippen molar-refractivity contribution in [2.45, 2.75) is 143 Å². The van der Waals surface area contributed by atoms with Gasteiger partial charge in [0, 0.05) is 19.1 Å². The van der Waals surface area contributed by atoms with Crippen LogP contribution < -0.4 is 0 Å². The molecule has 6 rings (SSSR count). The Morgan fingerprint density at radius 3 is 2.33 bits per heavy atom. The van der Waals surface area contributed by atoms with Crippen LogP contribution in [0.5, 0.6) is 0 Å². The van der Waals surface area contributed by atoms with Crippen molar-refractivity contribution in [1.29, 1.82) is 0 Å². The summed E-state index contributed by atoms with van der Waals surface area (Å²) in [5.74, 6) is 1.54. The summed E-state index contributed by atoms with van der Waals surface area (Å²) < 4.78 is 44.2. The molecule has 5 aliphatic carbocycles. The smallest absolute Gasteiger partial charge is 0.211 e. The van der Waals surface area contributed by atoms with E-state index in [0.717, 1.165) is 38.5 Å². The van der Waals surface area contributed by atoms with E-state index in [1.807, 2.05) is 0 Å². The number of methoxy groups -OCH3 is 1. The normalized spacial score (nSPS) is 47.6. The van der Waals surface area contributed by atoms with Crippen LogP contribution in [0.4, 0.5) is 0 Å². The lowest BCUT2D eigenvalue weighted by molar-refractivity contribution is -0.243. The first-order chi connectivity index (χ1) is 21.2. The van der Waals surface area contributed by atoms with Gasteiger partial charge in [-0.2, -0.15) is 4.31 Å². The predicted molar refractivity (Wildman–Crippen MR) is 176 cm³/mol. The third-order valence-electron chi connectivity index (χ3n) is 15.6. The van der Waals surface area contributed by atoms with Crippen molar-refractivity contribution in [3.8, 4) is 0 Å². The molecule has 0 aromatic rings. The lowest BCUT2D eigenvalue weighted by Gasteiger charge is -2.64. The molecular formula is C36H63NO8S. The number of nitrogens with zero attached hydrogens (tertiary/aromatic N) is 1. The summed E-state index contributed by atoms with van der Waals surface area (Å²) in [7, 11) is -1.67. The molecule has 3 N–H and O–H groups in total. The fourth-order valence-electron chi connectivity index (χ4n) is 13.0. The van der Waals surface area contributed by atoms with E-state index in [0.29, 0.717) is 37.3 Å². The van der Waals surface area contributed by atoms with Gasteiger partial charge in [0.1, 0.15) is 6.10 Å². The van der Waals surface area contributed by atoms with Crippen molar-refractivity contribution >= 4 is 10.0 Å². The van der Waals surface area contributed by atoms with Gasteiger partial charge < -0.3 is 29.5 Å². The first-order valence-corrected chi connectivity index (χ1v) is 19.9. The van der Waals surface area contributed by atoms with Crippen LogP contribution in [0.1, 0.15) is 106 Å². The number of fused-ring (bicyclic) bond motifs is 2. The summed E-state index contributed by atoms with van der Waals surface area (Å²) in [5, 5.41) is 33.4. The molecule has 1 heterocycles. The van der Waals surface area contributed by atoms with Crippen LogP contribution in [-0.4, -0.2) is 97.4 Å². The number of aliphatic hydroxyl groups excluding tert-OH is 2. The first-order valence-electron chi connectivity index (χ1n) is 18.0. The molecule has 0 aromatic heterocycles. The second kappa shape index (κ2) is 11.3. The molecular weight excluding hydrogens is 606 g/mol. The summed E-state index contributed by atoms with van der Waals surface area (Å²) in [6.45, 7) is 16.1. The number of hydrogen-bond donors (Lipinski definition) is 3. The molecule has 6 fully saturated rings. The summed E-state index contributed by atoms with van der Waals surface area (Å²) in [6.07, 6.45) is 8.22. The third-order valence-corrected chi connectivity index (χ3v) is 16.9. The van der Waals surface area contributed by atoms with Gasteiger partial charge in [-0.15, -0.1) is 0 Å². The largest absolute Gasteiger partial charge is 0.393 e. The van der Waals surface area contributed by atoms with Gasteiger partial charge in [-0.1, -0.05) is 34.6 Å². The Bertz CT molecular complexity index is 1270. The van der Waals surface area contributed by atoms with Gasteiger partial charge in [-0.05, 0) is 117 Å². The number of sulfonamides is 1. The second-order valence-corrected chi connectivity index (χ2v) is 20.2. The standard InChI is InChI=1S/C36H63NO8S/c1-22(18-24(43-8)30(39)32(4,5)40)23-19-27(38)34(7)26-11-10-25-31(2,3)28(45-29-20-37(16-17-44-29)46(9,41)42)12-13-35(25)21-36(26,35)15-14-33(23,34)6/h22-30,38-40H,10-21H2,1-9H3/t22-,23?,24?,25+,26+,27+,28+,29+,30+,33-,34-,35-,36?/m1/s1. The average molecular weight is 670 g/mol. The van der Waals surface area contributed by atoms with Gasteiger partial charge in [0.15, 0.2) is 6.29 Å². The molecule has 1 saturated heterocycles. The van der Waals surface area contributed by atoms with Gasteiger partial charge in [0.05, 0.1) is 43.3 Å². The molecule has 0 aromatic carbocycles. The molecule has 266 valence electrons. The van der Waals surface area contributed by atoms with E-state index < -0.39 is 34.1 Å². The Balaban J connectivity index is 1.20. The quantitative estimate of drug-likeness (QED) is 0.326. The zero-order chi connectivity index (χ0) is 33.9. The van der Waals surface area contributed by atoms with E-state index in [9.17, 15) is 23.7 Å². The van der Waals surface area contributed by atoms with Crippen LogP contribution in [0.15, 0.2) is 0 Å². The zero-order valence-corrected chi connectivity index (χ0v) is 30.7. The van der Waals surface area contributed by atoms with E-state index in [1.165, 1.54) is 23.4 Å². The molecule has 2 spiro atoms. The molecule has 13 atom stereocenters. The van der Waals surface area contributed by atoms with Gasteiger partial charge >= 0.3 is 0 Å². The summed E-state index contributed by atoms with van der Waals surface area (Å²) >= 11 is 0. The van der Waals surface area contributed by atoms with Crippen LogP contribution in [0.25, 0.3) is 0 Å². The molecule has 0 radical (unpaired) electrons. The molecule has 3 unspecified atom stereocenters. The number of rotatable bonds is 9. The predicted octanol–water partition coefficient (Wildman–Crippen LogP) is 4.57. The fourth-order valence-corrected chi connectivity index (χ4v) is 13.8. The lowest BCUT2D eigenvalue weighted by Crippen LogP contribution is -2.60. The minimum atomic E-state index is -3.29. The van der Waals surface area contributed by atoms with E-state index in [2.05, 4.69) is 34.6 Å². The highest BCUT2D eigenvalue weighted by Crippen LogP contribution is 2.89. The van der Waals surface area contributed by atoms with Crippen molar-refractivity contribution in [1.82, 2.24) is 4.31 Å². The lowest BCUT2D eigenvalue weighted by atomic mass is 9.41. The average Bonchev–Trinajstić information content (AvgIpc) is 3.59. The van der Waals surface area contributed by atoms with Crippen LogP contribution in [0.2, 0.25) is 0 Å². The maximum atomic E-state index is 12.2. The number of ether oxygens (including phenoxy) is 3. The summed E-state index contributed by atoms with van der Waals surface area (Å²) in [5.41, 5.74) is -0.979. The molecule has 46 heavy (non-hydrogen) atoms.